The number of aliphatic hydroxyl groups is 1. The minimum atomic E-state index is -0.112. The fourth-order valence-electron chi connectivity index (χ4n) is 2.88. The molecule has 2 aromatic heterocycles. The maximum absolute atomic E-state index is 9.19. The topological polar surface area (TPSA) is 62.1 Å². The Morgan fingerprint density at radius 1 is 0.957 bits per heavy atom. The van der Waals surface area contributed by atoms with E-state index in [1.165, 1.54) is 11.1 Å². The summed E-state index contributed by atoms with van der Waals surface area (Å²) in [6, 6.07) is 20.1. The van der Waals surface area contributed by atoms with E-state index in [1.54, 1.807) is 6.07 Å². The highest BCUT2D eigenvalue weighted by atomic mass is 16.4. The largest absolute Gasteiger partial charge is 0.457 e. The predicted molar refractivity (Wildman–Crippen MR) is 89.0 cm³/mol. The molecule has 4 heteroatoms. The molecule has 0 unspecified atom stereocenters. The van der Waals surface area contributed by atoms with Crippen LogP contribution in [0.2, 0.25) is 0 Å². The molecular weight excluding hydrogens is 288 g/mol. The lowest BCUT2D eigenvalue weighted by Gasteiger charge is -2.05. The Bertz CT molecular complexity index is 938. The Labute approximate surface area is 133 Å². The van der Waals surface area contributed by atoms with Gasteiger partial charge in [-0.1, -0.05) is 42.5 Å². The minimum Gasteiger partial charge on any atom is -0.457 e. The van der Waals surface area contributed by atoms with Gasteiger partial charge in [0.2, 0.25) is 0 Å². The number of H-pyrrole nitrogens is 1. The van der Waals surface area contributed by atoms with E-state index >= 15 is 0 Å². The van der Waals surface area contributed by atoms with E-state index in [0.29, 0.717) is 11.5 Å². The zero-order valence-corrected chi connectivity index (χ0v) is 12.5. The van der Waals surface area contributed by atoms with Crippen molar-refractivity contribution in [3.05, 3.63) is 77.6 Å². The molecule has 0 spiro atoms. The fourth-order valence-corrected chi connectivity index (χ4v) is 2.88. The van der Waals surface area contributed by atoms with Gasteiger partial charge in [-0.15, -0.1) is 0 Å². The van der Waals surface area contributed by atoms with Crippen molar-refractivity contribution in [2.45, 2.75) is 13.0 Å². The Balaban J connectivity index is 1.83. The Kier molecular flexibility index (Phi) is 3.44. The van der Waals surface area contributed by atoms with Gasteiger partial charge in [-0.25, -0.2) is 0 Å². The zero-order valence-electron chi connectivity index (χ0n) is 12.5. The van der Waals surface area contributed by atoms with Crippen molar-refractivity contribution in [2.75, 3.05) is 0 Å². The second-order valence-electron chi connectivity index (χ2n) is 5.50. The molecular formula is C19H16N2O2. The molecule has 4 rings (SSSR count). The third-order valence-corrected chi connectivity index (χ3v) is 3.96. The van der Waals surface area contributed by atoms with Crippen LogP contribution in [0.25, 0.3) is 22.4 Å². The number of nitrogens with one attached hydrogen (secondary N) is 1. The molecule has 2 N–H and O–H groups in total. The third kappa shape index (κ3) is 2.53. The number of rotatable bonds is 4. The van der Waals surface area contributed by atoms with Crippen LogP contribution in [0.5, 0.6) is 0 Å². The number of benzene rings is 2. The minimum absolute atomic E-state index is 0.112. The summed E-state index contributed by atoms with van der Waals surface area (Å²) < 4.78 is 5.66. The molecule has 2 heterocycles. The van der Waals surface area contributed by atoms with E-state index in [0.717, 1.165) is 23.0 Å². The van der Waals surface area contributed by atoms with Crippen molar-refractivity contribution in [2.24, 2.45) is 0 Å². The molecule has 114 valence electrons. The van der Waals surface area contributed by atoms with Gasteiger partial charge in [0.05, 0.1) is 5.52 Å². The Hall–Kier alpha value is -2.85. The molecule has 23 heavy (non-hydrogen) atoms. The van der Waals surface area contributed by atoms with Crippen molar-refractivity contribution in [3.63, 3.8) is 0 Å². The van der Waals surface area contributed by atoms with E-state index in [4.69, 9.17) is 4.42 Å². The molecule has 0 amide bonds. The lowest BCUT2D eigenvalue weighted by molar-refractivity contribution is 0.248. The van der Waals surface area contributed by atoms with E-state index in [1.807, 2.05) is 36.4 Å². The molecule has 0 atom stereocenters. The quantitative estimate of drug-likeness (QED) is 0.601. The first-order valence-electron chi connectivity index (χ1n) is 7.55. The number of aromatic amines is 1. The summed E-state index contributed by atoms with van der Waals surface area (Å²) in [6.07, 6.45) is 0.832. The van der Waals surface area contributed by atoms with Gasteiger partial charge in [0, 0.05) is 5.39 Å². The smallest absolute Gasteiger partial charge is 0.155 e. The first kappa shape index (κ1) is 13.8. The molecule has 2 aromatic carbocycles. The van der Waals surface area contributed by atoms with E-state index in [-0.39, 0.29) is 6.61 Å². The first-order valence-corrected chi connectivity index (χ1v) is 7.55. The van der Waals surface area contributed by atoms with Crippen LogP contribution in [0.3, 0.4) is 0 Å². The molecule has 0 aliphatic rings. The molecule has 0 fully saturated rings. The van der Waals surface area contributed by atoms with Crippen molar-refractivity contribution >= 4 is 10.9 Å². The molecule has 0 radical (unpaired) electrons. The van der Waals surface area contributed by atoms with Crippen LogP contribution in [-0.2, 0) is 13.0 Å². The lowest BCUT2D eigenvalue weighted by Crippen LogP contribution is -1.89. The molecule has 0 aliphatic heterocycles. The number of hydrogen-bond acceptors (Lipinski definition) is 3. The molecule has 0 aliphatic carbocycles. The highest BCUT2D eigenvalue weighted by Gasteiger charge is 2.15. The van der Waals surface area contributed by atoms with Crippen LogP contribution in [0.4, 0.5) is 0 Å². The van der Waals surface area contributed by atoms with Crippen molar-refractivity contribution < 1.29 is 9.52 Å². The van der Waals surface area contributed by atoms with Crippen LogP contribution in [0.15, 0.2) is 65.1 Å². The van der Waals surface area contributed by atoms with Crippen LogP contribution >= 0.6 is 0 Å². The summed E-state index contributed by atoms with van der Waals surface area (Å²) in [5.41, 5.74) is 4.21. The maximum atomic E-state index is 9.19. The number of hydrogen-bond donors (Lipinski definition) is 2. The lowest BCUT2D eigenvalue weighted by atomic mass is 9.99. The molecule has 4 nitrogen and oxygen atoms in total. The normalized spacial score (nSPS) is 11.2. The van der Waals surface area contributed by atoms with Gasteiger partial charge in [-0.05, 0) is 35.7 Å². The number of fused-ring (bicyclic) bond motifs is 1. The van der Waals surface area contributed by atoms with Gasteiger partial charge in [0.25, 0.3) is 0 Å². The first-order chi connectivity index (χ1) is 11.3. The standard InChI is InChI=1S/C19H16N2O2/c22-12-15-9-10-17(23-15)19-18-14(7-4-8-16(18)20-21-19)11-13-5-2-1-3-6-13/h1-10,22H,11-12H2,(H,20,21). The van der Waals surface area contributed by atoms with Gasteiger partial charge in [-0.2, -0.15) is 5.10 Å². The second-order valence-corrected chi connectivity index (χ2v) is 5.50. The van der Waals surface area contributed by atoms with Crippen molar-refractivity contribution in [3.8, 4) is 11.5 Å². The van der Waals surface area contributed by atoms with Gasteiger partial charge < -0.3 is 9.52 Å². The highest BCUT2D eigenvalue weighted by Crippen LogP contribution is 2.31. The van der Waals surface area contributed by atoms with Gasteiger partial charge in [0.1, 0.15) is 18.1 Å². The zero-order chi connectivity index (χ0) is 15.6. The molecule has 0 bridgehead atoms. The van der Waals surface area contributed by atoms with Gasteiger partial charge in [0.15, 0.2) is 5.76 Å². The number of nitrogens with zero attached hydrogens (tertiary/aromatic N) is 1. The Morgan fingerprint density at radius 3 is 2.61 bits per heavy atom. The summed E-state index contributed by atoms with van der Waals surface area (Å²) in [5, 5.41) is 17.7. The van der Waals surface area contributed by atoms with E-state index < -0.39 is 0 Å². The van der Waals surface area contributed by atoms with Crippen LogP contribution in [-0.4, -0.2) is 15.3 Å². The average Bonchev–Trinajstić information content (AvgIpc) is 3.22. The fraction of sp³-hybridized carbons (Fsp3) is 0.105. The molecule has 0 saturated heterocycles. The highest BCUT2D eigenvalue weighted by molar-refractivity contribution is 5.94. The van der Waals surface area contributed by atoms with E-state index in [9.17, 15) is 5.11 Å². The number of aromatic nitrogens is 2. The number of aliphatic hydroxyl groups excluding tert-OH is 1. The van der Waals surface area contributed by atoms with Gasteiger partial charge >= 0.3 is 0 Å². The average molecular weight is 304 g/mol. The van der Waals surface area contributed by atoms with Crippen molar-refractivity contribution in [1.29, 1.82) is 0 Å². The maximum Gasteiger partial charge on any atom is 0.155 e. The molecule has 4 aromatic rings. The van der Waals surface area contributed by atoms with Crippen molar-refractivity contribution in [1.82, 2.24) is 10.2 Å². The van der Waals surface area contributed by atoms with Gasteiger partial charge in [-0.3, -0.25) is 5.10 Å². The summed E-state index contributed by atoms with van der Waals surface area (Å²) >= 11 is 0. The summed E-state index contributed by atoms with van der Waals surface area (Å²) in [5.74, 6) is 1.21. The summed E-state index contributed by atoms with van der Waals surface area (Å²) in [6.45, 7) is -0.112. The van der Waals surface area contributed by atoms with Crippen LogP contribution < -0.4 is 0 Å². The monoisotopic (exact) mass is 304 g/mol. The van der Waals surface area contributed by atoms with E-state index in [2.05, 4.69) is 28.4 Å². The van der Waals surface area contributed by atoms with Crippen LogP contribution in [0.1, 0.15) is 16.9 Å². The molecule has 0 saturated carbocycles. The predicted octanol–water partition coefficient (Wildman–Crippen LogP) is 3.91. The number of furan rings is 1. The summed E-state index contributed by atoms with van der Waals surface area (Å²) in [7, 11) is 0. The van der Waals surface area contributed by atoms with Crippen LogP contribution in [0, 0.1) is 0 Å². The SMILES string of the molecule is OCc1ccc(-c2n[nH]c3cccc(Cc4ccccc4)c23)o1. The Morgan fingerprint density at radius 2 is 1.83 bits per heavy atom. The third-order valence-electron chi connectivity index (χ3n) is 3.96. The second kappa shape index (κ2) is 5.74. The summed E-state index contributed by atoms with van der Waals surface area (Å²) in [4.78, 5) is 0.